The molecule has 1 aliphatic carbocycles. The molecule has 1 saturated carbocycles. The number of rotatable bonds is 4. The average molecular weight is 299 g/mol. The first-order chi connectivity index (χ1) is 8.90. The number of thioether (sulfide) groups is 1. The number of ether oxygens (including phenoxy) is 2. The Morgan fingerprint density at radius 1 is 1.21 bits per heavy atom. The molecule has 0 atom stereocenters. The standard InChI is InChI=1S/C12H20F3NO2S/c1-16(6-9-19-12(13,14)15)10-2-4-11(5-3-10)17-7-8-18-11/h10H,2-9H2,1H3. The molecule has 112 valence electrons. The minimum Gasteiger partial charge on any atom is -0.348 e. The Hall–Kier alpha value is 0.0200. The largest absolute Gasteiger partial charge is 0.441 e. The van der Waals surface area contributed by atoms with Crippen LogP contribution < -0.4 is 0 Å². The van der Waals surface area contributed by atoms with E-state index < -0.39 is 11.3 Å². The van der Waals surface area contributed by atoms with Gasteiger partial charge in [0, 0.05) is 31.2 Å². The third-order valence-corrected chi connectivity index (χ3v) is 4.58. The predicted octanol–water partition coefficient (Wildman–Crippen LogP) is 2.86. The van der Waals surface area contributed by atoms with Gasteiger partial charge in [-0.05, 0) is 31.7 Å². The highest BCUT2D eigenvalue weighted by Crippen LogP contribution is 2.37. The van der Waals surface area contributed by atoms with E-state index in [0.29, 0.717) is 25.8 Å². The van der Waals surface area contributed by atoms with Crippen LogP contribution in [0.25, 0.3) is 0 Å². The fourth-order valence-electron chi connectivity index (χ4n) is 2.76. The minimum absolute atomic E-state index is 0.0537. The van der Waals surface area contributed by atoms with Crippen molar-refractivity contribution in [3.05, 3.63) is 0 Å². The molecule has 1 saturated heterocycles. The highest BCUT2D eigenvalue weighted by molar-refractivity contribution is 8.00. The molecule has 0 amide bonds. The summed E-state index contributed by atoms with van der Waals surface area (Å²) in [7, 11) is 1.90. The maximum absolute atomic E-state index is 12.1. The Morgan fingerprint density at radius 2 is 1.79 bits per heavy atom. The first-order valence-electron chi connectivity index (χ1n) is 6.59. The van der Waals surface area contributed by atoms with Crippen molar-refractivity contribution >= 4 is 11.8 Å². The number of hydrogen-bond donors (Lipinski definition) is 0. The quantitative estimate of drug-likeness (QED) is 0.796. The average Bonchev–Trinajstić information content (AvgIpc) is 2.77. The van der Waals surface area contributed by atoms with Gasteiger partial charge < -0.3 is 14.4 Å². The van der Waals surface area contributed by atoms with Gasteiger partial charge in [0.15, 0.2) is 5.79 Å². The summed E-state index contributed by atoms with van der Waals surface area (Å²) in [5.41, 5.74) is -4.12. The molecule has 1 spiro atoms. The van der Waals surface area contributed by atoms with Gasteiger partial charge in [0.2, 0.25) is 0 Å². The molecule has 0 N–H and O–H groups in total. The van der Waals surface area contributed by atoms with Crippen molar-refractivity contribution in [2.45, 2.75) is 43.0 Å². The van der Waals surface area contributed by atoms with Crippen molar-refractivity contribution in [1.29, 1.82) is 0 Å². The molecule has 2 fully saturated rings. The molecule has 1 heterocycles. The molecule has 2 rings (SSSR count). The lowest BCUT2D eigenvalue weighted by molar-refractivity contribution is -0.183. The lowest BCUT2D eigenvalue weighted by atomic mass is 9.89. The third-order valence-electron chi connectivity index (χ3n) is 3.86. The fourth-order valence-corrected chi connectivity index (χ4v) is 3.37. The van der Waals surface area contributed by atoms with Crippen LogP contribution in [-0.4, -0.2) is 54.8 Å². The van der Waals surface area contributed by atoms with Gasteiger partial charge in [-0.2, -0.15) is 13.2 Å². The van der Waals surface area contributed by atoms with E-state index in [1.165, 1.54) is 0 Å². The van der Waals surface area contributed by atoms with Gasteiger partial charge in [0.05, 0.1) is 13.2 Å². The Labute approximate surface area is 115 Å². The molecule has 7 heteroatoms. The summed E-state index contributed by atoms with van der Waals surface area (Å²) in [5.74, 6) is -0.299. The van der Waals surface area contributed by atoms with Crippen LogP contribution in [0.5, 0.6) is 0 Å². The van der Waals surface area contributed by atoms with Gasteiger partial charge in [-0.1, -0.05) is 0 Å². The van der Waals surface area contributed by atoms with Crippen LogP contribution in [0.3, 0.4) is 0 Å². The van der Waals surface area contributed by atoms with E-state index in [1.807, 2.05) is 11.9 Å². The van der Waals surface area contributed by atoms with Crippen molar-refractivity contribution in [3.8, 4) is 0 Å². The zero-order valence-corrected chi connectivity index (χ0v) is 11.9. The van der Waals surface area contributed by atoms with Crippen molar-refractivity contribution in [1.82, 2.24) is 4.90 Å². The monoisotopic (exact) mass is 299 g/mol. The molecule has 0 aromatic carbocycles. The van der Waals surface area contributed by atoms with E-state index in [2.05, 4.69) is 0 Å². The molecule has 1 aliphatic heterocycles. The smallest absolute Gasteiger partial charge is 0.348 e. The van der Waals surface area contributed by atoms with E-state index in [-0.39, 0.29) is 17.5 Å². The van der Waals surface area contributed by atoms with Crippen LogP contribution in [0.4, 0.5) is 13.2 Å². The summed E-state index contributed by atoms with van der Waals surface area (Å²) in [4.78, 5) is 2.03. The van der Waals surface area contributed by atoms with E-state index in [4.69, 9.17) is 9.47 Å². The lowest BCUT2D eigenvalue weighted by Gasteiger charge is -2.39. The van der Waals surface area contributed by atoms with Crippen LogP contribution in [-0.2, 0) is 9.47 Å². The second-order valence-electron chi connectivity index (χ2n) is 5.11. The Morgan fingerprint density at radius 3 is 2.32 bits per heavy atom. The molecule has 0 unspecified atom stereocenters. The normalized spacial score (nSPS) is 24.5. The summed E-state index contributed by atoms with van der Waals surface area (Å²) in [6, 6.07) is 0.340. The zero-order valence-electron chi connectivity index (χ0n) is 11.0. The fraction of sp³-hybridized carbons (Fsp3) is 1.00. The second-order valence-corrected chi connectivity index (χ2v) is 6.27. The molecule has 0 aromatic heterocycles. The van der Waals surface area contributed by atoms with Gasteiger partial charge in [0.1, 0.15) is 0 Å². The first-order valence-corrected chi connectivity index (χ1v) is 7.58. The zero-order chi connectivity index (χ0) is 13.9. The molecule has 3 nitrogen and oxygen atoms in total. The Kier molecular flexibility index (Phi) is 5.03. The van der Waals surface area contributed by atoms with E-state index in [0.717, 1.165) is 25.7 Å². The van der Waals surface area contributed by atoms with Gasteiger partial charge in [-0.3, -0.25) is 0 Å². The summed E-state index contributed by atoms with van der Waals surface area (Å²) in [5, 5.41) is 0. The Bertz CT molecular complexity index is 285. The summed E-state index contributed by atoms with van der Waals surface area (Å²) in [6.07, 6.45) is 3.53. The molecule has 0 radical (unpaired) electrons. The van der Waals surface area contributed by atoms with Gasteiger partial charge in [-0.15, -0.1) is 0 Å². The minimum atomic E-state index is -4.12. The second kappa shape index (κ2) is 6.20. The molecule has 2 aliphatic rings. The maximum atomic E-state index is 12.1. The van der Waals surface area contributed by atoms with Gasteiger partial charge >= 0.3 is 5.51 Å². The van der Waals surface area contributed by atoms with Crippen LogP contribution >= 0.6 is 11.8 Å². The maximum Gasteiger partial charge on any atom is 0.441 e. The van der Waals surface area contributed by atoms with Crippen molar-refractivity contribution in [3.63, 3.8) is 0 Å². The number of halogens is 3. The van der Waals surface area contributed by atoms with Crippen LogP contribution in [0, 0.1) is 0 Å². The van der Waals surface area contributed by atoms with Crippen LogP contribution in [0.1, 0.15) is 25.7 Å². The first kappa shape index (κ1) is 15.4. The number of hydrogen-bond acceptors (Lipinski definition) is 4. The van der Waals surface area contributed by atoms with Gasteiger partial charge in [-0.25, -0.2) is 0 Å². The number of nitrogens with zero attached hydrogens (tertiary/aromatic N) is 1. The topological polar surface area (TPSA) is 21.7 Å². The number of alkyl halides is 3. The van der Waals surface area contributed by atoms with Crippen molar-refractivity contribution in [2.24, 2.45) is 0 Å². The van der Waals surface area contributed by atoms with E-state index in [9.17, 15) is 13.2 Å². The highest BCUT2D eigenvalue weighted by Gasteiger charge is 2.41. The summed E-state index contributed by atoms with van der Waals surface area (Å²) < 4.78 is 47.5. The molecular weight excluding hydrogens is 279 g/mol. The lowest BCUT2D eigenvalue weighted by Crippen LogP contribution is -2.43. The Balaban J connectivity index is 1.69. The van der Waals surface area contributed by atoms with Gasteiger partial charge in [0.25, 0.3) is 0 Å². The van der Waals surface area contributed by atoms with Crippen LogP contribution in [0.2, 0.25) is 0 Å². The van der Waals surface area contributed by atoms with Crippen LogP contribution in [0.15, 0.2) is 0 Å². The van der Waals surface area contributed by atoms with Crippen molar-refractivity contribution < 1.29 is 22.6 Å². The SMILES string of the molecule is CN(CCSC(F)(F)F)C1CCC2(CC1)OCCO2. The molecule has 0 aromatic rings. The highest BCUT2D eigenvalue weighted by atomic mass is 32.2. The van der Waals surface area contributed by atoms with Crippen molar-refractivity contribution in [2.75, 3.05) is 32.6 Å². The molecular formula is C12H20F3NO2S. The summed E-state index contributed by atoms with van der Waals surface area (Å²) in [6.45, 7) is 1.77. The third kappa shape index (κ3) is 4.51. The predicted molar refractivity (Wildman–Crippen MR) is 68.0 cm³/mol. The molecule has 0 bridgehead atoms. The summed E-state index contributed by atoms with van der Waals surface area (Å²) >= 11 is 0.0537. The van der Waals surface area contributed by atoms with E-state index in [1.54, 1.807) is 0 Å². The van der Waals surface area contributed by atoms with E-state index >= 15 is 0 Å². The molecule has 19 heavy (non-hydrogen) atoms.